The minimum Gasteiger partial charge on any atom is -0.508 e. The highest BCUT2D eigenvalue weighted by Gasteiger charge is 2.40. The number of carboxylic acid groups (broad SMARTS) is 1. The topological polar surface area (TPSA) is 106 Å². The molecule has 0 aliphatic carbocycles. The first-order valence-electron chi connectivity index (χ1n) is 9.39. The minimum absolute atomic E-state index is 0.0118. The molecular weight excluding hydrogens is 417 g/mol. The number of hydrogen-bond donors (Lipinski definition) is 2. The van der Waals surface area contributed by atoms with E-state index in [-0.39, 0.29) is 36.1 Å². The number of aromatic nitrogens is 2. The first-order chi connectivity index (χ1) is 14.6. The summed E-state index contributed by atoms with van der Waals surface area (Å²) in [6, 6.07) is 4.99. The number of aromatic hydroxyl groups is 1. The number of nitrogens with zero attached hydrogens (tertiary/aromatic N) is 2. The number of halogens is 3. The van der Waals surface area contributed by atoms with Crippen molar-refractivity contribution in [1.29, 1.82) is 0 Å². The summed E-state index contributed by atoms with van der Waals surface area (Å²) < 4.78 is 47.5. The number of ketones is 1. The lowest BCUT2D eigenvalue weighted by Crippen LogP contribution is -2.12. The first-order valence-corrected chi connectivity index (χ1v) is 9.39. The van der Waals surface area contributed by atoms with Gasteiger partial charge in [-0.1, -0.05) is 5.16 Å². The quantitative estimate of drug-likeness (QED) is 0.545. The van der Waals surface area contributed by atoms with Gasteiger partial charge in [-0.15, -0.1) is 0 Å². The Morgan fingerprint density at radius 2 is 1.84 bits per heavy atom. The van der Waals surface area contributed by atoms with Gasteiger partial charge in [-0.3, -0.25) is 4.79 Å². The molecule has 0 saturated heterocycles. The predicted octanol–water partition coefficient (Wildman–Crippen LogP) is 4.33. The van der Waals surface area contributed by atoms with Crippen molar-refractivity contribution < 1.29 is 37.5 Å². The Bertz CT molecular complexity index is 1100. The predicted molar refractivity (Wildman–Crippen MR) is 103 cm³/mol. The average molecular weight is 436 g/mol. The van der Waals surface area contributed by atoms with Gasteiger partial charge >= 0.3 is 12.1 Å². The third-order valence-electron chi connectivity index (χ3n) is 4.76. The number of phenols is 1. The number of aromatic carboxylic acids is 1. The van der Waals surface area contributed by atoms with E-state index < -0.39 is 34.9 Å². The highest BCUT2D eigenvalue weighted by atomic mass is 19.4. The maximum absolute atomic E-state index is 13.7. The smallest absolute Gasteiger partial charge is 0.422 e. The Morgan fingerprint density at radius 1 is 1.16 bits per heavy atom. The largest absolute Gasteiger partial charge is 0.508 e. The normalized spacial score (nSPS) is 11.6. The fourth-order valence-electron chi connectivity index (χ4n) is 3.23. The standard InChI is InChI=1S/C21H19F3N2O5/c1-2-26-10-13(16(11-26)20(29)30)9-15(28)7-8-17-18(21(22,23)24)19(31-25-17)12-3-5-14(27)6-4-12/h3-6,10-11,27H,2,7-9H2,1H3,(H,29,30). The Labute approximate surface area is 174 Å². The lowest BCUT2D eigenvalue weighted by molar-refractivity contribution is -0.138. The van der Waals surface area contributed by atoms with Crippen molar-refractivity contribution in [1.82, 2.24) is 9.72 Å². The molecule has 0 radical (unpaired) electrons. The summed E-state index contributed by atoms with van der Waals surface area (Å²) in [7, 11) is 0. The number of Topliss-reactive ketones (excluding diaryl/α,β-unsaturated/α-hetero) is 1. The molecule has 2 heterocycles. The van der Waals surface area contributed by atoms with Gasteiger partial charge in [-0.2, -0.15) is 13.2 Å². The number of carboxylic acids is 1. The van der Waals surface area contributed by atoms with Crippen LogP contribution in [-0.2, 0) is 30.4 Å². The Kier molecular flexibility index (Phi) is 6.19. The summed E-state index contributed by atoms with van der Waals surface area (Å²) in [6.07, 6.45) is -2.60. The van der Waals surface area contributed by atoms with E-state index in [0.717, 1.165) is 0 Å². The lowest BCUT2D eigenvalue weighted by atomic mass is 10.0. The molecule has 3 aromatic rings. The molecule has 0 saturated carbocycles. The van der Waals surface area contributed by atoms with E-state index in [0.29, 0.717) is 12.1 Å². The van der Waals surface area contributed by atoms with E-state index in [2.05, 4.69) is 5.16 Å². The molecule has 3 rings (SSSR count). The number of carbonyl (C=O) groups excluding carboxylic acids is 1. The van der Waals surface area contributed by atoms with Gasteiger partial charge in [-0.05, 0) is 36.8 Å². The number of alkyl halides is 3. The summed E-state index contributed by atoms with van der Waals surface area (Å²) >= 11 is 0. The van der Waals surface area contributed by atoms with Crippen molar-refractivity contribution in [3.05, 3.63) is 59.0 Å². The SMILES string of the molecule is CCn1cc(CC(=O)CCc2noc(-c3ccc(O)cc3)c2C(F)(F)F)c(C(=O)O)c1. The van der Waals surface area contributed by atoms with E-state index >= 15 is 0 Å². The van der Waals surface area contributed by atoms with Crippen molar-refractivity contribution in [2.45, 2.75) is 38.9 Å². The second-order valence-corrected chi connectivity index (χ2v) is 6.93. The van der Waals surface area contributed by atoms with Crippen LogP contribution in [0.15, 0.2) is 41.2 Å². The van der Waals surface area contributed by atoms with Crippen LogP contribution >= 0.6 is 0 Å². The van der Waals surface area contributed by atoms with Crippen LogP contribution in [0, 0.1) is 0 Å². The van der Waals surface area contributed by atoms with Crippen LogP contribution in [0.5, 0.6) is 5.75 Å². The fourth-order valence-corrected chi connectivity index (χ4v) is 3.23. The molecule has 0 amide bonds. The highest BCUT2D eigenvalue weighted by molar-refractivity contribution is 5.92. The Balaban J connectivity index is 1.79. The molecule has 0 bridgehead atoms. The summed E-state index contributed by atoms with van der Waals surface area (Å²) in [6.45, 7) is 2.33. The van der Waals surface area contributed by atoms with Crippen LogP contribution < -0.4 is 0 Å². The summed E-state index contributed by atoms with van der Waals surface area (Å²) in [5, 5.41) is 22.1. The summed E-state index contributed by atoms with van der Waals surface area (Å²) in [5.74, 6) is -2.20. The van der Waals surface area contributed by atoms with Crippen molar-refractivity contribution in [2.75, 3.05) is 0 Å². The molecule has 0 fully saturated rings. The second kappa shape index (κ2) is 8.66. The maximum Gasteiger partial charge on any atom is 0.422 e. The lowest BCUT2D eigenvalue weighted by Gasteiger charge is -2.08. The molecule has 2 aromatic heterocycles. The van der Waals surface area contributed by atoms with E-state index in [1.807, 2.05) is 6.92 Å². The van der Waals surface area contributed by atoms with Crippen LogP contribution in [-0.4, -0.2) is 31.7 Å². The van der Waals surface area contributed by atoms with Crippen molar-refractivity contribution in [3.8, 4) is 17.1 Å². The minimum atomic E-state index is -4.76. The van der Waals surface area contributed by atoms with Gasteiger partial charge in [0.25, 0.3) is 0 Å². The molecular formula is C21H19F3N2O5. The zero-order valence-corrected chi connectivity index (χ0v) is 16.4. The van der Waals surface area contributed by atoms with Gasteiger partial charge in [0.2, 0.25) is 0 Å². The molecule has 10 heteroatoms. The third kappa shape index (κ3) is 4.96. The first kappa shape index (κ1) is 22.1. The molecule has 0 aliphatic heterocycles. The third-order valence-corrected chi connectivity index (χ3v) is 4.76. The molecule has 7 nitrogen and oxygen atoms in total. The van der Waals surface area contributed by atoms with Gasteiger partial charge in [0.1, 0.15) is 17.1 Å². The van der Waals surface area contributed by atoms with Crippen LogP contribution in [0.2, 0.25) is 0 Å². The molecule has 0 spiro atoms. The van der Waals surface area contributed by atoms with Crippen molar-refractivity contribution >= 4 is 11.8 Å². The van der Waals surface area contributed by atoms with Gasteiger partial charge in [0.05, 0.1) is 11.3 Å². The highest BCUT2D eigenvalue weighted by Crippen LogP contribution is 2.40. The van der Waals surface area contributed by atoms with Crippen LogP contribution in [0.25, 0.3) is 11.3 Å². The average Bonchev–Trinajstić information content (AvgIpc) is 3.31. The number of carbonyl (C=O) groups is 2. The number of hydrogen-bond acceptors (Lipinski definition) is 5. The fraction of sp³-hybridized carbons (Fsp3) is 0.286. The van der Waals surface area contributed by atoms with Gasteiger partial charge < -0.3 is 19.3 Å². The van der Waals surface area contributed by atoms with Gasteiger partial charge in [0, 0.05) is 43.8 Å². The molecule has 0 unspecified atom stereocenters. The number of benzene rings is 1. The van der Waals surface area contributed by atoms with Gasteiger partial charge in [0.15, 0.2) is 5.76 Å². The zero-order valence-electron chi connectivity index (χ0n) is 16.4. The van der Waals surface area contributed by atoms with Crippen LogP contribution in [0.1, 0.15) is 40.5 Å². The van der Waals surface area contributed by atoms with E-state index in [4.69, 9.17) is 4.52 Å². The second-order valence-electron chi connectivity index (χ2n) is 6.93. The molecule has 2 N–H and O–H groups in total. The maximum atomic E-state index is 13.7. The van der Waals surface area contributed by atoms with Gasteiger partial charge in [-0.25, -0.2) is 4.79 Å². The summed E-state index contributed by atoms with van der Waals surface area (Å²) in [5.41, 5.74) is -1.10. The number of aryl methyl sites for hydroxylation is 2. The van der Waals surface area contributed by atoms with Crippen molar-refractivity contribution in [3.63, 3.8) is 0 Å². The van der Waals surface area contributed by atoms with E-state index in [1.165, 1.54) is 30.5 Å². The van der Waals surface area contributed by atoms with Crippen LogP contribution in [0.4, 0.5) is 13.2 Å². The van der Waals surface area contributed by atoms with Crippen molar-refractivity contribution in [2.24, 2.45) is 0 Å². The zero-order chi connectivity index (χ0) is 22.8. The summed E-state index contributed by atoms with van der Waals surface area (Å²) in [4.78, 5) is 23.7. The van der Waals surface area contributed by atoms with Crippen LogP contribution in [0.3, 0.4) is 0 Å². The molecule has 164 valence electrons. The monoisotopic (exact) mass is 436 g/mol. The Hall–Kier alpha value is -3.56. The molecule has 31 heavy (non-hydrogen) atoms. The Morgan fingerprint density at radius 3 is 2.42 bits per heavy atom. The number of phenolic OH excluding ortho intramolecular Hbond substituents is 1. The number of rotatable bonds is 8. The molecule has 0 atom stereocenters. The molecule has 0 aliphatic rings. The molecule has 1 aromatic carbocycles. The van der Waals surface area contributed by atoms with E-state index in [9.17, 15) is 33.0 Å². The van der Waals surface area contributed by atoms with E-state index in [1.54, 1.807) is 10.8 Å².